The van der Waals surface area contributed by atoms with Crippen molar-refractivity contribution in [1.29, 1.82) is 0 Å². The molecule has 4 heteroatoms. The van der Waals surface area contributed by atoms with Gasteiger partial charge < -0.3 is 0 Å². The maximum absolute atomic E-state index is 3.74. The molecule has 34 heavy (non-hydrogen) atoms. The fourth-order valence-corrected chi connectivity index (χ4v) is 6.63. The largest absolute Gasteiger partial charge is 0.248 e. The lowest BCUT2D eigenvalue weighted by Crippen LogP contribution is -2.31. The number of allylic oxidation sites excluding steroid dienone is 2. The molecule has 1 aromatic rings. The van der Waals surface area contributed by atoms with E-state index < -0.39 is 0 Å². The second-order valence-corrected chi connectivity index (χ2v) is 11.8. The zero-order valence-corrected chi connectivity index (χ0v) is 23.6. The fraction of sp³-hybridized carbons (Fsp3) is 0.733. The van der Waals surface area contributed by atoms with Crippen molar-refractivity contribution in [2.45, 2.75) is 140 Å². The number of benzene rings is 1. The number of rotatable bonds is 21. The van der Waals surface area contributed by atoms with Crippen LogP contribution in [0.1, 0.15) is 128 Å². The van der Waals surface area contributed by atoms with Crippen molar-refractivity contribution in [2.24, 2.45) is 0 Å². The van der Waals surface area contributed by atoms with Gasteiger partial charge in [-0.25, -0.2) is 9.44 Å². The minimum atomic E-state index is 0.513. The lowest BCUT2D eigenvalue weighted by Gasteiger charge is -2.24. The summed E-state index contributed by atoms with van der Waals surface area (Å²) in [4.78, 5) is 0. The van der Waals surface area contributed by atoms with Crippen molar-refractivity contribution >= 4 is 23.9 Å². The highest BCUT2D eigenvalue weighted by Crippen LogP contribution is 2.24. The van der Waals surface area contributed by atoms with Crippen LogP contribution < -0.4 is 9.44 Å². The van der Waals surface area contributed by atoms with Gasteiger partial charge in [0.25, 0.3) is 0 Å². The van der Waals surface area contributed by atoms with Crippen LogP contribution in [0.5, 0.6) is 0 Å². The molecule has 1 fully saturated rings. The molecule has 0 spiro atoms. The third-order valence-corrected chi connectivity index (χ3v) is 9.05. The Hall–Kier alpha value is -0.420. The van der Waals surface area contributed by atoms with Crippen molar-refractivity contribution < 1.29 is 0 Å². The molecule has 0 heterocycles. The van der Waals surface area contributed by atoms with Gasteiger partial charge >= 0.3 is 0 Å². The molecular formula is C30H52N2S2. The minimum Gasteiger partial charge on any atom is -0.248 e. The molecule has 1 unspecified atom stereocenters. The summed E-state index contributed by atoms with van der Waals surface area (Å²) in [6, 6.07) is 11.6. The summed E-state index contributed by atoms with van der Waals surface area (Å²) in [7, 11) is 0. The lowest BCUT2D eigenvalue weighted by molar-refractivity contribution is 0.422. The third kappa shape index (κ3) is 16.3. The Morgan fingerprint density at radius 3 is 2.18 bits per heavy atom. The summed E-state index contributed by atoms with van der Waals surface area (Å²) in [5.41, 5.74) is 1.43. The highest BCUT2D eigenvalue weighted by atomic mass is 32.2. The smallest absolute Gasteiger partial charge is 0.0642 e. The van der Waals surface area contributed by atoms with E-state index in [4.69, 9.17) is 0 Å². The van der Waals surface area contributed by atoms with Crippen molar-refractivity contribution in [3.63, 3.8) is 0 Å². The molecule has 0 aliphatic heterocycles. The second kappa shape index (κ2) is 21.8. The zero-order valence-electron chi connectivity index (χ0n) is 21.9. The highest BCUT2D eigenvalue weighted by Gasteiger charge is 2.14. The van der Waals surface area contributed by atoms with Gasteiger partial charge in [0, 0.05) is 23.9 Å². The van der Waals surface area contributed by atoms with Gasteiger partial charge in [0.2, 0.25) is 0 Å². The number of hydrogen-bond donors (Lipinski definition) is 2. The quantitative estimate of drug-likeness (QED) is 0.0752. The Morgan fingerprint density at radius 2 is 1.47 bits per heavy atom. The summed E-state index contributed by atoms with van der Waals surface area (Å²) in [6.45, 7) is 2.29. The molecule has 2 nitrogen and oxygen atoms in total. The predicted molar refractivity (Wildman–Crippen MR) is 157 cm³/mol. The van der Waals surface area contributed by atoms with Crippen LogP contribution in [0, 0.1) is 0 Å². The van der Waals surface area contributed by atoms with E-state index >= 15 is 0 Å². The summed E-state index contributed by atoms with van der Waals surface area (Å²) in [6.07, 6.45) is 29.3. The van der Waals surface area contributed by atoms with Gasteiger partial charge in [-0.3, -0.25) is 0 Å². The molecule has 1 aliphatic rings. The first kappa shape index (κ1) is 29.8. The van der Waals surface area contributed by atoms with E-state index in [9.17, 15) is 0 Å². The molecule has 2 rings (SSSR count). The molecular weight excluding hydrogens is 452 g/mol. The van der Waals surface area contributed by atoms with Crippen LogP contribution in [-0.4, -0.2) is 11.4 Å². The number of nitrogens with one attached hydrogen (secondary N) is 2. The number of thioether (sulfide) groups is 1. The number of unbranched alkanes of at least 4 members (excludes halogenated alkanes) is 10. The standard InChI is InChI=1S/C30H52N2S2/c1-2-3-4-5-6-7-8-9-10-11-12-13-14-21-26-30(33-27-28-22-17-15-18-23-28)32-34-31-29-24-19-16-20-25-29/h9-10,15,17-18,22-23,29-32H,2-8,11-14,16,19-21,24-27H2,1H3/b10-9-. The van der Waals surface area contributed by atoms with Crippen LogP contribution in [0.25, 0.3) is 0 Å². The molecule has 0 saturated heterocycles. The van der Waals surface area contributed by atoms with Gasteiger partial charge in [-0.2, -0.15) is 0 Å². The van der Waals surface area contributed by atoms with E-state index in [2.05, 4.69) is 70.6 Å². The van der Waals surface area contributed by atoms with Crippen LogP contribution in [0.3, 0.4) is 0 Å². The van der Waals surface area contributed by atoms with Gasteiger partial charge in [0.1, 0.15) is 0 Å². The Morgan fingerprint density at radius 1 is 0.824 bits per heavy atom. The van der Waals surface area contributed by atoms with Crippen molar-refractivity contribution in [1.82, 2.24) is 9.44 Å². The summed E-state index contributed by atoms with van der Waals surface area (Å²) < 4.78 is 7.43. The van der Waals surface area contributed by atoms with Gasteiger partial charge in [-0.05, 0) is 50.5 Å². The molecule has 1 saturated carbocycles. The summed E-state index contributed by atoms with van der Waals surface area (Å²) in [5.74, 6) is 1.09. The highest BCUT2D eigenvalue weighted by molar-refractivity contribution is 8.01. The molecule has 0 amide bonds. The monoisotopic (exact) mass is 504 g/mol. The molecule has 1 atom stereocenters. The van der Waals surface area contributed by atoms with Crippen LogP contribution in [0.15, 0.2) is 42.5 Å². The van der Waals surface area contributed by atoms with E-state index in [0.717, 1.165) is 5.75 Å². The van der Waals surface area contributed by atoms with Crippen molar-refractivity contribution in [3.05, 3.63) is 48.0 Å². The summed E-state index contributed by atoms with van der Waals surface area (Å²) >= 11 is 3.82. The third-order valence-electron chi connectivity index (χ3n) is 6.79. The molecule has 0 aromatic heterocycles. The maximum Gasteiger partial charge on any atom is 0.0642 e. The molecule has 0 radical (unpaired) electrons. The molecule has 1 aliphatic carbocycles. The van der Waals surface area contributed by atoms with Crippen molar-refractivity contribution in [2.75, 3.05) is 0 Å². The van der Waals surface area contributed by atoms with Crippen LogP contribution in [0.2, 0.25) is 0 Å². The number of hydrogen-bond acceptors (Lipinski definition) is 4. The van der Waals surface area contributed by atoms with E-state index in [0.29, 0.717) is 11.4 Å². The summed E-state index contributed by atoms with van der Waals surface area (Å²) in [5, 5.41) is 0.513. The average Bonchev–Trinajstić information content (AvgIpc) is 2.88. The molecule has 0 bridgehead atoms. The van der Waals surface area contributed by atoms with Gasteiger partial charge in [0.15, 0.2) is 0 Å². The van der Waals surface area contributed by atoms with Crippen molar-refractivity contribution in [3.8, 4) is 0 Å². The first-order valence-electron chi connectivity index (χ1n) is 14.4. The zero-order chi connectivity index (χ0) is 23.9. The molecule has 1 aromatic carbocycles. The van der Waals surface area contributed by atoms with E-state index in [-0.39, 0.29) is 0 Å². The Bertz CT molecular complexity index is 587. The van der Waals surface area contributed by atoms with E-state index in [1.165, 1.54) is 121 Å². The SMILES string of the molecule is CCCCCCCC/C=C\CCCCCCC(NSNC1CCCCC1)SCc1ccccc1. The average molecular weight is 505 g/mol. The predicted octanol–water partition coefficient (Wildman–Crippen LogP) is 9.97. The van der Waals surface area contributed by atoms with E-state index in [1.807, 2.05) is 0 Å². The Labute approximate surface area is 220 Å². The maximum atomic E-state index is 3.74. The Balaban J connectivity index is 1.52. The second-order valence-electron chi connectivity index (χ2n) is 9.98. The lowest BCUT2D eigenvalue weighted by atomic mass is 9.96. The minimum absolute atomic E-state index is 0.513. The normalized spacial score (nSPS) is 15.8. The van der Waals surface area contributed by atoms with Crippen LogP contribution >= 0.6 is 23.9 Å². The fourth-order valence-electron chi connectivity index (χ4n) is 4.57. The first-order chi connectivity index (χ1) is 16.9. The van der Waals surface area contributed by atoms with Crippen LogP contribution in [-0.2, 0) is 5.75 Å². The van der Waals surface area contributed by atoms with E-state index in [1.54, 1.807) is 12.1 Å². The first-order valence-corrected chi connectivity index (χ1v) is 16.2. The van der Waals surface area contributed by atoms with Gasteiger partial charge in [-0.15, -0.1) is 11.8 Å². The molecule has 194 valence electrons. The van der Waals surface area contributed by atoms with Crippen LogP contribution in [0.4, 0.5) is 0 Å². The topological polar surface area (TPSA) is 24.1 Å². The molecule has 2 N–H and O–H groups in total. The van der Waals surface area contributed by atoms with Gasteiger partial charge in [-0.1, -0.05) is 120 Å². The van der Waals surface area contributed by atoms with Gasteiger partial charge in [0.05, 0.1) is 5.37 Å². The Kier molecular flexibility index (Phi) is 19.1.